The van der Waals surface area contributed by atoms with E-state index in [1.807, 2.05) is 12.1 Å². The Morgan fingerprint density at radius 1 is 1.12 bits per heavy atom. The number of hydrogen-bond acceptors (Lipinski definition) is 4. The second-order valence-corrected chi connectivity index (χ2v) is 9.58. The number of pyridine rings is 1. The lowest BCUT2D eigenvalue weighted by Crippen LogP contribution is -2.65. The third-order valence-corrected chi connectivity index (χ3v) is 7.58. The molecule has 2 aliphatic heterocycles. The van der Waals surface area contributed by atoms with Gasteiger partial charge in [0.05, 0.1) is 17.2 Å². The Labute approximate surface area is 186 Å². The van der Waals surface area contributed by atoms with E-state index < -0.39 is 6.10 Å². The highest BCUT2D eigenvalue weighted by molar-refractivity contribution is 5.98. The number of benzene rings is 2. The Bertz CT molecular complexity index is 1280. The molecule has 1 aliphatic carbocycles. The zero-order valence-electron chi connectivity index (χ0n) is 17.9. The third kappa shape index (κ3) is 3.17. The molecule has 1 saturated heterocycles. The predicted octanol–water partition coefficient (Wildman–Crippen LogP) is 2.70. The number of aliphatic hydroxyl groups is 1. The number of carbonyl (C=O) groups is 1. The summed E-state index contributed by atoms with van der Waals surface area (Å²) in [4.78, 5) is 30.9. The Kier molecular flexibility index (Phi) is 4.49. The van der Waals surface area contributed by atoms with Crippen molar-refractivity contribution in [3.8, 4) is 0 Å². The van der Waals surface area contributed by atoms with Crippen LogP contribution in [0, 0.1) is 0 Å². The molecule has 1 aromatic heterocycles. The summed E-state index contributed by atoms with van der Waals surface area (Å²) in [6, 6.07) is 13.6. The summed E-state index contributed by atoms with van der Waals surface area (Å²) in [6.07, 6.45) is 4.78. The predicted molar refractivity (Wildman–Crippen MR) is 123 cm³/mol. The van der Waals surface area contributed by atoms with E-state index >= 15 is 0 Å². The van der Waals surface area contributed by atoms with Crippen molar-refractivity contribution in [2.24, 2.45) is 0 Å². The first kappa shape index (κ1) is 19.7. The average molecular weight is 430 g/mol. The molecule has 2 fully saturated rings. The van der Waals surface area contributed by atoms with Gasteiger partial charge >= 0.3 is 0 Å². The fourth-order valence-corrected chi connectivity index (χ4v) is 5.40. The molecule has 1 spiro atoms. The summed E-state index contributed by atoms with van der Waals surface area (Å²) in [6.45, 7) is 1.62. The maximum atomic E-state index is 13.2. The summed E-state index contributed by atoms with van der Waals surface area (Å²) < 4.78 is 0. The number of hydrogen-bond donors (Lipinski definition) is 3. The molecule has 3 N–H and O–H groups in total. The molecule has 0 radical (unpaired) electrons. The van der Waals surface area contributed by atoms with E-state index in [0.29, 0.717) is 41.9 Å². The van der Waals surface area contributed by atoms with Gasteiger partial charge in [0.15, 0.2) is 5.43 Å². The van der Waals surface area contributed by atoms with E-state index in [-0.39, 0.29) is 16.9 Å². The summed E-state index contributed by atoms with van der Waals surface area (Å²) in [5.41, 5.74) is 4.30. The second-order valence-electron chi connectivity index (χ2n) is 9.58. The standard InChI is InChI=1S/C26H27N3O3/c30-23-15-29(10-9-26(23)12-18-3-1-2-4-19(18)13-28-26)25(32)17-7-8-20-22(11-17)27-14-21(24(20)31)16-5-6-16/h1-4,7-8,11,14,16,23,28,30H,5-6,9-10,12-13,15H2,(H,27,31)/t23-,26+/m1/s1. The minimum atomic E-state index is -0.644. The highest BCUT2D eigenvalue weighted by Gasteiger charge is 2.45. The number of aromatic nitrogens is 1. The molecular weight excluding hydrogens is 402 g/mol. The largest absolute Gasteiger partial charge is 0.389 e. The number of carbonyl (C=O) groups excluding carboxylic acids is 1. The van der Waals surface area contributed by atoms with Gasteiger partial charge in [0.1, 0.15) is 0 Å². The number of aromatic amines is 1. The molecule has 2 atom stereocenters. The maximum Gasteiger partial charge on any atom is 0.254 e. The monoisotopic (exact) mass is 429 g/mol. The van der Waals surface area contributed by atoms with Crippen molar-refractivity contribution in [3.05, 3.63) is 81.1 Å². The molecule has 32 heavy (non-hydrogen) atoms. The normalized spacial score (nSPS) is 25.2. The molecule has 6 rings (SSSR count). The van der Waals surface area contributed by atoms with Crippen molar-refractivity contribution in [2.45, 2.75) is 49.8 Å². The first-order valence-corrected chi connectivity index (χ1v) is 11.5. The first-order valence-electron chi connectivity index (χ1n) is 11.5. The Morgan fingerprint density at radius 3 is 2.72 bits per heavy atom. The van der Waals surface area contributed by atoms with Crippen molar-refractivity contribution in [2.75, 3.05) is 13.1 Å². The van der Waals surface area contributed by atoms with Crippen LogP contribution in [0.5, 0.6) is 0 Å². The van der Waals surface area contributed by atoms with Crippen LogP contribution in [0.15, 0.2) is 53.5 Å². The Balaban J connectivity index is 1.22. The molecule has 3 aromatic rings. The van der Waals surface area contributed by atoms with Crippen LogP contribution in [-0.2, 0) is 13.0 Å². The van der Waals surface area contributed by atoms with Gasteiger partial charge in [-0.2, -0.15) is 0 Å². The van der Waals surface area contributed by atoms with Crippen LogP contribution < -0.4 is 10.7 Å². The molecule has 164 valence electrons. The van der Waals surface area contributed by atoms with E-state index in [4.69, 9.17) is 0 Å². The van der Waals surface area contributed by atoms with Crippen LogP contribution in [0.2, 0.25) is 0 Å². The molecule has 1 amide bonds. The average Bonchev–Trinajstić information content (AvgIpc) is 3.66. The molecule has 3 aliphatic rings. The maximum absolute atomic E-state index is 13.2. The van der Waals surface area contributed by atoms with Crippen LogP contribution in [0.3, 0.4) is 0 Å². The van der Waals surface area contributed by atoms with Gasteiger partial charge in [-0.3, -0.25) is 9.59 Å². The SMILES string of the molecule is O=C(c1ccc2c(=O)c(C3CC3)c[nH]c2c1)N1CC[C@]2(Cc3ccccc3CN2)[C@H](O)C1. The van der Waals surface area contributed by atoms with Gasteiger partial charge in [-0.15, -0.1) is 0 Å². The van der Waals surface area contributed by atoms with Crippen LogP contribution in [-0.4, -0.2) is 45.6 Å². The zero-order valence-corrected chi connectivity index (χ0v) is 17.9. The number of rotatable bonds is 2. The summed E-state index contributed by atoms with van der Waals surface area (Å²) >= 11 is 0. The van der Waals surface area contributed by atoms with Gasteiger partial charge in [0, 0.05) is 42.3 Å². The van der Waals surface area contributed by atoms with E-state index in [2.05, 4.69) is 22.4 Å². The highest BCUT2D eigenvalue weighted by Crippen LogP contribution is 2.38. The summed E-state index contributed by atoms with van der Waals surface area (Å²) in [5.74, 6) is 0.274. The van der Waals surface area contributed by atoms with Crippen LogP contribution in [0.1, 0.15) is 52.2 Å². The van der Waals surface area contributed by atoms with Gasteiger partial charge in [-0.05, 0) is 60.9 Å². The fraction of sp³-hybridized carbons (Fsp3) is 0.385. The highest BCUT2D eigenvalue weighted by atomic mass is 16.3. The molecule has 0 unspecified atom stereocenters. The minimum Gasteiger partial charge on any atom is -0.389 e. The number of fused-ring (bicyclic) bond motifs is 2. The van der Waals surface area contributed by atoms with Crippen LogP contribution in [0.4, 0.5) is 0 Å². The third-order valence-electron chi connectivity index (χ3n) is 7.58. The van der Waals surface area contributed by atoms with Crippen molar-refractivity contribution >= 4 is 16.8 Å². The van der Waals surface area contributed by atoms with Crippen LogP contribution in [0.25, 0.3) is 10.9 Å². The van der Waals surface area contributed by atoms with Crippen molar-refractivity contribution < 1.29 is 9.90 Å². The molecule has 6 heteroatoms. The molecule has 1 saturated carbocycles. The topological polar surface area (TPSA) is 85.4 Å². The van der Waals surface area contributed by atoms with E-state index in [9.17, 15) is 14.7 Å². The fourth-order valence-electron chi connectivity index (χ4n) is 5.40. The van der Waals surface area contributed by atoms with Gasteiger partial charge in [-0.25, -0.2) is 0 Å². The number of β-amino-alcohol motifs (C(OH)–C–C–N with tert-alkyl or cyclic N) is 1. The smallest absolute Gasteiger partial charge is 0.254 e. The van der Waals surface area contributed by atoms with Gasteiger partial charge in [0.2, 0.25) is 0 Å². The van der Waals surface area contributed by atoms with Gasteiger partial charge in [-0.1, -0.05) is 24.3 Å². The molecular formula is C26H27N3O3. The number of nitrogens with zero attached hydrogens (tertiary/aromatic N) is 1. The lowest BCUT2D eigenvalue weighted by molar-refractivity contribution is -0.0138. The minimum absolute atomic E-state index is 0.0687. The number of piperidine rings is 1. The van der Waals surface area contributed by atoms with Crippen molar-refractivity contribution in [1.82, 2.24) is 15.2 Å². The number of aliphatic hydroxyl groups excluding tert-OH is 1. The number of nitrogens with one attached hydrogen (secondary N) is 2. The molecule has 0 bridgehead atoms. The number of H-pyrrole nitrogens is 1. The lowest BCUT2D eigenvalue weighted by Gasteiger charge is -2.48. The second kappa shape index (κ2) is 7.29. The summed E-state index contributed by atoms with van der Waals surface area (Å²) in [5, 5.41) is 15.3. The van der Waals surface area contributed by atoms with Crippen molar-refractivity contribution in [1.29, 1.82) is 0 Å². The number of likely N-dealkylation sites (tertiary alicyclic amines) is 1. The Hall–Kier alpha value is -2.96. The zero-order chi connectivity index (χ0) is 21.9. The van der Waals surface area contributed by atoms with E-state index in [1.165, 1.54) is 11.1 Å². The summed E-state index contributed by atoms with van der Waals surface area (Å²) in [7, 11) is 0. The molecule has 6 nitrogen and oxygen atoms in total. The van der Waals surface area contributed by atoms with Gasteiger partial charge in [0.25, 0.3) is 5.91 Å². The van der Waals surface area contributed by atoms with E-state index in [0.717, 1.165) is 31.4 Å². The van der Waals surface area contributed by atoms with Gasteiger partial charge < -0.3 is 20.3 Å². The lowest BCUT2D eigenvalue weighted by atomic mass is 9.76. The molecule has 3 heterocycles. The van der Waals surface area contributed by atoms with Crippen LogP contribution >= 0.6 is 0 Å². The van der Waals surface area contributed by atoms with E-state index in [1.54, 1.807) is 29.3 Å². The van der Waals surface area contributed by atoms with Crippen molar-refractivity contribution in [3.63, 3.8) is 0 Å². The molecule has 2 aromatic carbocycles. The number of amides is 1. The Morgan fingerprint density at radius 2 is 1.94 bits per heavy atom. The first-order chi connectivity index (χ1) is 15.5. The quantitative estimate of drug-likeness (QED) is 0.585.